The molecule has 1 unspecified atom stereocenters. The molecule has 0 fully saturated rings. The first kappa shape index (κ1) is 12.3. The Hall–Kier alpha value is -0.730. The van der Waals surface area contributed by atoms with Gasteiger partial charge in [-0.05, 0) is 0 Å². The van der Waals surface area contributed by atoms with Crippen LogP contribution >= 0.6 is 27.7 Å². The van der Waals surface area contributed by atoms with Crippen molar-refractivity contribution < 1.29 is 19.4 Å². The third kappa shape index (κ3) is 3.40. The third-order valence-corrected chi connectivity index (χ3v) is 2.69. The first-order valence-corrected chi connectivity index (χ1v) is 5.82. The summed E-state index contributed by atoms with van der Waals surface area (Å²) < 4.78 is 17.1. The standard InChI is InChI=1S/C7H9BrN2O4S/c1-13-7(12)5-6(10-15-9-5)14-3-4(11)2-8/h4,11H,2-3H2,1H3. The molecule has 1 rings (SSSR count). The molecule has 0 aliphatic rings. The van der Waals surface area contributed by atoms with E-state index in [1.807, 2.05) is 0 Å². The zero-order valence-electron chi connectivity index (χ0n) is 7.84. The number of nitrogens with zero attached hydrogens (tertiary/aromatic N) is 2. The van der Waals surface area contributed by atoms with Crippen LogP contribution in [0.1, 0.15) is 10.5 Å². The van der Waals surface area contributed by atoms with Crippen LogP contribution < -0.4 is 4.74 Å². The van der Waals surface area contributed by atoms with Gasteiger partial charge in [0.05, 0.1) is 24.9 Å². The number of aliphatic hydroxyl groups excluding tert-OH is 1. The normalized spacial score (nSPS) is 12.2. The van der Waals surface area contributed by atoms with E-state index in [0.29, 0.717) is 5.33 Å². The van der Waals surface area contributed by atoms with Crippen LogP contribution in [0.5, 0.6) is 5.88 Å². The number of hydrogen-bond donors (Lipinski definition) is 1. The Balaban J connectivity index is 2.61. The van der Waals surface area contributed by atoms with E-state index >= 15 is 0 Å². The minimum atomic E-state index is -0.655. The zero-order chi connectivity index (χ0) is 11.3. The number of alkyl halides is 1. The molecule has 0 spiro atoms. The van der Waals surface area contributed by atoms with E-state index in [1.54, 1.807) is 0 Å². The van der Waals surface area contributed by atoms with Crippen molar-refractivity contribution in [1.29, 1.82) is 0 Å². The number of halogens is 1. The number of aromatic nitrogens is 2. The molecule has 0 aliphatic heterocycles. The van der Waals surface area contributed by atoms with Gasteiger partial charge in [-0.1, -0.05) is 15.9 Å². The molecule has 0 radical (unpaired) electrons. The molecule has 0 aromatic carbocycles. The monoisotopic (exact) mass is 296 g/mol. The minimum Gasteiger partial charge on any atom is -0.473 e. The third-order valence-electron chi connectivity index (χ3n) is 1.43. The molecular formula is C7H9BrN2O4S. The van der Waals surface area contributed by atoms with Crippen LogP contribution in [-0.2, 0) is 4.74 Å². The molecular weight excluding hydrogens is 288 g/mol. The first-order valence-electron chi connectivity index (χ1n) is 3.96. The van der Waals surface area contributed by atoms with Gasteiger partial charge in [-0.15, -0.1) is 4.37 Å². The number of aliphatic hydroxyl groups is 1. The molecule has 6 nitrogen and oxygen atoms in total. The van der Waals surface area contributed by atoms with Gasteiger partial charge in [0.25, 0.3) is 5.88 Å². The largest absolute Gasteiger partial charge is 0.473 e. The van der Waals surface area contributed by atoms with Crippen molar-refractivity contribution in [2.75, 3.05) is 19.0 Å². The second-order valence-corrected chi connectivity index (χ2v) is 3.70. The highest BCUT2D eigenvalue weighted by molar-refractivity contribution is 9.09. The van der Waals surface area contributed by atoms with E-state index in [1.165, 1.54) is 7.11 Å². The molecule has 1 aromatic heterocycles. The molecule has 1 heterocycles. The van der Waals surface area contributed by atoms with Crippen molar-refractivity contribution in [3.8, 4) is 5.88 Å². The molecule has 0 saturated heterocycles. The fraction of sp³-hybridized carbons (Fsp3) is 0.571. The van der Waals surface area contributed by atoms with E-state index in [-0.39, 0.29) is 18.2 Å². The maximum atomic E-state index is 11.1. The summed E-state index contributed by atoms with van der Waals surface area (Å²) in [5.41, 5.74) is 0.0317. The van der Waals surface area contributed by atoms with Gasteiger partial charge in [-0.2, -0.15) is 4.37 Å². The molecule has 0 amide bonds. The molecule has 1 atom stereocenters. The fourth-order valence-electron chi connectivity index (χ4n) is 0.716. The average molecular weight is 297 g/mol. The van der Waals surface area contributed by atoms with Crippen molar-refractivity contribution in [3.63, 3.8) is 0 Å². The van der Waals surface area contributed by atoms with Gasteiger partial charge in [0.15, 0.2) is 0 Å². The number of rotatable bonds is 5. The predicted octanol–water partition coefficient (Wildman–Crippen LogP) is 0.459. The zero-order valence-corrected chi connectivity index (χ0v) is 10.2. The first-order chi connectivity index (χ1) is 7.19. The summed E-state index contributed by atoms with van der Waals surface area (Å²) in [7, 11) is 1.25. The molecule has 8 heteroatoms. The molecule has 1 N–H and O–H groups in total. The summed E-state index contributed by atoms with van der Waals surface area (Å²) in [6, 6.07) is 0. The van der Waals surface area contributed by atoms with Gasteiger partial charge in [-0.25, -0.2) is 4.79 Å². The van der Waals surface area contributed by atoms with Crippen molar-refractivity contribution >= 4 is 33.6 Å². The van der Waals surface area contributed by atoms with Crippen molar-refractivity contribution in [2.24, 2.45) is 0 Å². The second-order valence-electron chi connectivity index (χ2n) is 2.53. The van der Waals surface area contributed by atoms with Crippen LogP contribution in [0.4, 0.5) is 0 Å². The second kappa shape index (κ2) is 5.99. The number of carbonyl (C=O) groups excluding carboxylic acids is 1. The maximum Gasteiger partial charge on any atom is 0.363 e. The summed E-state index contributed by atoms with van der Waals surface area (Å²) in [6.07, 6.45) is -0.655. The topological polar surface area (TPSA) is 81.5 Å². The van der Waals surface area contributed by atoms with Crippen LogP contribution in [0.25, 0.3) is 0 Å². The average Bonchev–Trinajstić information content (AvgIpc) is 2.72. The smallest absolute Gasteiger partial charge is 0.363 e. The van der Waals surface area contributed by atoms with Gasteiger partial charge >= 0.3 is 5.97 Å². The van der Waals surface area contributed by atoms with Crippen LogP contribution in [0, 0.1) is 0 Å². The summed E-state index contributed by atoms with van der Waals surface area (Å²) >= 11 is 3.94. The van der Waals surface area contributed by atoms with Crippen LogP contribution in [0.15, 0.2) is 0 Å². The van der Waals surface area contributed by atoms with E-state index in [0.717, 1.165) is 11.7 Å². The number of ether oxygens (including phenoxy) is 2. The van der Waals surface area contributed by atoms with Crippen molar-refractivity contribution in [3.05, 3.63) is 5.69 Å². The highest BCUT2D eigenvalue weighted by Crippen LogP contribution is 2.16. The Kier molecular flexibility index (Phi) is 4.92. The van der Waals surface area contributed by atoms with Crippen molar-refractivity contribution in [1.82, 2.24) is 8.75 Å². The molecule has 0 bridgehead atoms. The molecule has 15 heavy (non-hydrogen) atoms. The Morgan fingerprint density at radius 2 is 2.40 bits per heavy atom. The number of carbonyl (C=O) groups is 1. The van der Waals surface area contributed by atoms with E-state index in [2.05, 4.69) is 29.4 Å². The summed E-state index contributed by atoms with van der Waals surface area (Å²) in [5.74, 6) is -0.515. The van der Waals surface area contributed by atoms with Gasteiger partial charge in [0.1, 0.15) is 6.61 Å². The van der Waals surface area contributed by atoms with Gasteiger partial charge in [0.2, 0.25) is 5.69 Å². The summed E-state index contributed by atoms with van der Waals surface area (Å²) in [4.78, 5) is 11.1. The molecule has 1 aromatic rings. The Morgan fingerprint density at radius 1 is 1.67 bits per heavy atom. The quantitative estimate of drug-likeness (QED) is 0.628. The lowest BCUT2D eigenvalue weighted by molar-refractivity contribution is 0.0584. The van der Waals surface area contributed by atoms with E-state index in [9.17, 15) is 9.90 Å². The fourth-order valence-corrected chi connectivity index (χ4v) is 1.39. The highest BCUT2D eigenvalue weighted by Gasteiger charge is 2.19. The maximum absolute atomic E-state index is 11.1. The SMILES string of the molecule is COC(=O)c1nsnc1OCC(O)CBr. The Morgan fingerprint density at radius 3 is 3.00 bits per heavy atom. The number of methoxy groups -OCH3 is 1. The van der Waals surface area contributed by atoms with Crippen LogP contribution in [0.2, 0.25) is 0 Å². The minimum absolute atomic E-state index is 0.0317. The lowest BCUT2D eigenvalue weighted by Crippen LogP contribution is -2.19. The summed E-state index contributed by atoms with van der Waals surface area (Å²) in [6.45, 7) is 0.0423. The van der Waals surface area contributed by atoms with Gasteiger partial charge in [-0.3, -0.25) is 0 Å². The molecule has 0 saturated carbocycles. The lowest BCUT2D eigenvalue weighted by Gasteiger charge is -2.07. The lowest BCUT2D eigenvalue weighted by atomic mass is 10.4. The number of hydrogen-bond acceptors (Lipinski definition) is 7. The van der Waals surface area contributed by atoms with E-state index < -0.39 is 12.1 Å². The van der Waals surface area contributed by atoms with E-state index in [4.69, 9.17) is 4.74 Å². The summed E-state index contributed by atoms with van der Waals surface area (Å²) in [5, 5.41) is 9.60. The number of esters is 1. The van der Waals surface area contributed by atoms with Crippen LogP contribution in [-0.4, -0.2) is 45.0 Å². The van der Waals surface area contributed by atoms with Crippen molar-refractivity contribution in [2.45, 2.75) is 6.10 Å². The predicted molar refractivity (Wildman–Crippen MR) is 56.5 cm³/mol. The Labute approximate surface area is 98.7 Å². The van der Waals surface area contributed by atoms with Gasteiger partial charge < -0.3 is 14.6 Å². The van der Waals surface area contributed by atoms with Crippen LogP contribution in [0.3, 0.4) is 0 Å². The highest BCUT2D eigenvalue weighted by atomic mass is 79.9. The molecule has 84 valence electrons. The molecule has 0 aliphatic carbocycles. The van der Waals surface area contributed by atoms with Gasteiger partial charge in [0, 0.05) is 5.33 Å². The Bertz CT molecular complexity index is 333.